The quantitative estimate of drug-likeness (QED) is 0.739. The number of fused-ring (bicyclic) bond motifs is 1. The molecular weight excluding hydrogens is 368 g/mol. The minimum atomic E-state index is -2.89. The van der Waals surface area contributed by atoms with Crippen LogP contribution in [0.4, 0.5) is 0 Å². The van der Waals surface area contributed by atoms with Crippen LogP contribution in [0.2, 0.25) is 5.02 Å². The summed E-state index contributed by atoms with van der Waals surface area (Å²) in [6.07, 6.45) is 0.671. The molecule has 2 unspecified atom stereocenters. The number of hydrogen-bond acceptors (Lipinski definition) is 4. The third-order valence-corrected chi connectivity index (χ3v) is 6.97. The van der Waals surface area contributed by atoms with Crippen LogP contribution in [0, 0.1) is 5.92 Å². The maximum atomic E-state index is 11.6. The minimum Gasteiger partial charge on any atom is -0.486 e. The van der Waals surface area contributed by atoms with Gasteiger partial charge in [-0.3, -0.25) is 0 Å². The molecule has 0 spiro atoms. The van der Waals surface area contributed by atoms with E-state index in [-0.39, 0.29) is 22.3 Å². The second-order valence-corrected chi connectivity index (χ2v) is 8.71. The lowest BCUT2D eigenvalue weighted by Gasteiger charge is -2.23. The Morgan fingerprint density at radius 3 is 2.75 bits per heavy atom. The van der Waals surface area contributed by atoms with E-state index in [0.29, 0.717) is 36.2 Å². The highest BCUT2D eigenvalue weighted by Crippen LogP contribution is 2.44. The Hall–Kier alpha value is -0.460. The van der Waals surface area contributed by atoms with Crippen LogP contribution in [0.25, 0.3) is 0 Å². The maximum Gasteiger partial charge on any atom is 0.179 e. The van der Waals surface area contributed by atoms with Gasteiger partial charge in [-0.05, 0) is 30.0 Å². The number of alkyl halides is 1. The normalized spacial score (nSPS) is 25.4. The summed E-state index contributed by atoms with van der Waals surface area (Å²) in [5.74, 6) is 1.75. The van der Waals surface area contributed by atoms with Gasteiger partial charge in [-0.2, -0.15) is 0 Å². The first-order valence-electron chi connectivity index (χ1n) is 6.40. The van der Waals surface area contributed by atoms with Crippen LogP contribution in [0.1, 0.15) is 16.8 Å². The van der Waals surface area contributed by atoms with Crippen molar-refractivity contribution in [1.29, 1.82) is 0 Å². The maximum absolute atomic E-state index is 11.6. The summed E-state index contributed by atoms with van der Waals surface area (Å²) in [6.45, 7) is 0.988. The average molecular weight is 382 g/mol. The molecule has 1 fully saturated rings. The molecule has 2 atom stereocenters. The first-order chi connectivity index (χ1) is 9.46. The number of benzene rings is 1. The van der Waals surface area contributed by atoms with Gasteiger partial charge in [0.05, 0.1) is 16.5 Å². The lowest BCUT2D eigenvalue weighted by molar-refractivity contribution is 0.171. The van der Waals surface area contributed by atoms with Crippen molar-refractivity contribution in [1.82, 2.24) is 0 Å². The van der Waals surface area contributed by atoms with Crippen LogP contribution in [0.3, 0.4) is 0 Å². The molecule has 1 saturated heterocycles. The van der Waals surface area contributed by atoms with Crippen LogP contribution in [0.15, 0.2) is 12.1 Å². The van der Waals surface area contributed by atoms with Crippen molar-refractivity contribution >= 4 is 37.4 Å². The van der Waals surface area contributed by atoms with Gasteiger partial charge in [0.15, 0.2) is 21.3 Å². The third kappa shape index (κ3) is 2.78. The van der Waals surface area contributed by atoms with Gasteiger partial charge in [0.2, 0.25) is 0 Å². The molecule has 1 aromatic rings. The van der Waals surface area contributed by atoms with E-state index in [1.807, 2.05) is 12.1 Å². The second kappa shape index (κ2) is 5.39. The summed E-state index contributed by atoms with van der Waals surface area (Å²) >= 11 is 9.82. The zero-order valence-electron chi connectivity index (χ0n) is 10.6. The Kier molecular flexibility index (Phi) is 3.90. The summed E-state index contributed by atoms with van der Waals surface area (Å²) in [7, 11) is -2.89. The van der Waals surface area contributed by atoms with Gasteiger partial charge in [-0.1, -0.05) is 27.5 Å². The van der Waals surface area contributed by atoms with Crippen LogP contribution < -0.4 is 9.47 Å². The van der Waals surface area contributed by atoms with Crippen molar-refractivity contribution in [2.24, 2.45) is 5.92 Å². The fraction of sp³-hybridized carbons (Fsp3) is 0.538. The van der Waals surface area contributed by atoms with Gasteiger partial charge in [-0.15, -0.1) is 0 Å². The van der Waals surface area contributed by atoms with E-state index >= 15 is 0 Å². The Balaban J connectivity index is 1.89. The number of rotatable bonds is 2. The van der Waals surface area contributed by atoms with Crippen molar-refractivity contribution in [3.63, 3.8) is 0 Å². The van der Waals surface area contributed by atoms with Gasteiger partial charge in [0.1, 0.15) is 13.2 Å². The molecule has 0 aromatic heterocycles. The summed E-state index contributed by atoms with van der Waals surface area (Å²) in [6, 6.07) is 3.70. The summed E-state index contributed by atoms with van der Waals surface area (Å²) in [4.78, 5) is -0.0481. The fourth-order valence-corrected chi connectivity index (χ4v) is 5.69. The molecule has 2 heterocycles. The largest absolute Gasteiger partial charge is 0.486 e. The highest BCUT2D eigenvalue weighted by atomic mass is 79.9. The molecular formula is C13H14BrClO4S. The van der Waals surface area contributed by atoms with E-state index in [9.17, 15) is 8.42 Å². The van der Waals surface area contributed by atoms with Gasteiger partial charge in [-0.25, -0.2) is 8.42 Å². The smallest absolute Gasteiger partial charge is 0.179 e. The number of hydrogen-bond donors (Lipinski definition) is 0. The summed E-state index contributed by atoms with van der Waals surface area (Å²) in [5.41, 5.74) is 0.932. The topological polar surface area (TPSA) is 52.6 Å². The molecule has 3 rings (SSSR count). The molecule has 110 valence electrons. The zero-order valence-corrected chi connectivity index (χ0v) is 13.8. The molecule has 0 radical (unpaired) electrons. The standard InChI is InChI=1S/C13H14BrClO4S/c14-12(8-1-4-20(16,17)7-8)9-5-10(15)13-11(6-9)18-2-3-19-13/h5-6,8,12H,1-4,7H2. The number of halogens is 2. The second-order valence-electron chi connectivity index (χ2n) is 5.09. The lowest BCUT2D eigenvalue weighted by Crippen LogP contribution is -2.16. The van der Waals surface area contributed by atoms with Crippen LogP contribution >= 0.6 is 27.5 Å². The first-order valence-corrected chi connectivity index (χ1v) is 9.51. The van der Waals surface area contributed by atoms with Gasteiger partial charge in [0.25, 0.3) is 0 Å². The van der Waals surface area contributed by atoms with Crippen molar-refractivity contribution in [3.8, 4) is 11.5 Å². The first kappa shape index (κ1) is 14.5. The predicted molar refractivity (Wildman–Crippen MR) is 80.9 cm³/mol. The van der Waals surface area contributed by atoms with E-state index in [0.717, 1.165) is 5.56 Å². The van der Waals surface area contributed by atoms with E-state index in [4.69, 9.17) is 21.1 Å². The summed E-state index contributed by atoms with van der Waals surface area (Å²) in [5, 5.41) is 0.502. The molecule has 0 amide bonds. The molecule has 0 bridgehead atoms. The molecule has 20 heavy (non-hydrogen) atoms. The zero-order chi connectivity index (χ0) is 14.3. The molecule has 4 nitrogen and oxygen atoms in total. The molecule has 0 saturated carbocycles. The Morgan fingerprint density at radius 2 is 2.05 bits per heavy atom. The van der Waals surface area contributed by atoms with E-state index in [1.165, 1.54) is 0 Å². The van der Waals surface area contributed by atoms with E-state index in [1.54, 1.807) is 0 Å². The SMILES string of the molecule is O=S1(=O)CCC(C(Br)c2cc(Cl)c3c(c2)OCCO3)C1. The molecule has 0 aliphatic carbocycles. The van der Waals surface area contributed by atoms with Crippen LogP contribution in [0.5, 0.6) is 11.5 Å². The number of ether oxygens (including phenoxy) is 2. The van der Waals surface area contributed by atoms with Crippen molar-refractivity contribution in [2.45, 2.75) is 11.2 Å². The number of sulfone groups is 1. The van der Waals surface area contributed by atoms with Crippen molar-refractivity contribution in [2.75, 3.05) is 24.7 Å². The van der Waals surface area contributed by atoms with Crippen molar-refractivity contribution in [3.05, 3.63) is 22.7 Å². The van der Waals surface area contributed by atoms with Gasteiger partial charge in [0, 0.05) is 4.83 Å². The molecule has 2 aliphatic rings. The van der Waals surface area contributed by atoms with E-state index < -0.39 is 9.84 Å². The highest BCUT2D eigenvalue weighted by Gasteiger charge is 2.34. The minimum absolute atomic E-state index is 0.0481. The summed E-state index contributed by atoms with van der Waals surface area (Å²) < 4.78 is 34.2. The third-order valence-electron chi connectivity index (χ3n) is 3.62. The van der Waals surface area contributed by atoms with Crippen molar-refractivity contribution < 1.29 is 17.9 Å². The highest BCUT2D eigenvalue weighted by molar-refractivity contribution is 9.09. The van der Waals surface area contributed by atoms with Crippen LogP contribution in [-0.2, 0) is 9.84 Å². The lowest BCUT2D eigenvalue weighted by atomic mass is 9.98. The Morgan fingerprint density at radius 1 is 1.30 bits per heavy atom. The van der Waals surface area contributed by atoms with E-state index in [2.05, 4.69) is 15.9 Å². The van der Waals surface area contributed by atoms with Gasteiger partial charge >= 0.3 is 0 Å². The monoisotopic (exact) mass is 380 g/mol. The predicted octanol–water partition coefficient (Wildman–Crippen LogP) is 2.98. The molecule has 1 aromatic carbocycles. The Bertz CT molecular complexity index is 632. The molecule has 0 N–H and O–H groups in total. The van der Waals surface area contributed by atoms with Crippen LogP contribution in [-0.4, -0.2) is 33.1 Å². The molecule has 7 heteroatoms. The Labute approximate surface area is 131 Å². The average Bonchev–Trinajstić information content (AvgIpc) is 2.78. The molecule has 2 aliphatic heterocycles. The fourth-order valence-electron chi connectivity index (χ4n) is 2.62. The van der Waals surface area contributed by atoms with Gasteiger partial charge < -0.3 is 9.47 Å².